The summed E-state index contributed by atoms with van der Waals surface area (Å²) in [6, 6.07) is -0.373. The number of carboxylic acids is 1. The molecule has 1 saturated heterocycles. The van der Waals surface area contributed by atoms with Gasteiger partial charge in [-0.05, 0) is 49.9 Å². The fraction of sp³-hybridized carbons (Fsp3) is 0.812. The highest BCUT2D eigenvalue weighted by Gasteiger charge is 2.61. The van der Waals surface area contributed by atoms with E-state index in [2.05, 4.69) is 6.92 Å². The van der Waals surface area contributed by atoms with Crippen molar-refractivity contribution in [3.63, 3.8) is 0 Å². The van der Waals surface area contributed by atoms with Crippen molar-refractivity contribution < 1.29 is 19.5 Å². The first-order valence-electron chi connectivity index (χ1n) is 8.08. The molecule has 4 fully saturated rings. The van der Waals surface area contributed by atoms with Crippen LogP contribution in [-0.2, 0) is 14.4 Å². The number of hydrogen-bond acceptors (Lipinski definition) is 3. The number of fused-ring (bicyclic) bond motifs is 3. The lowest BCUT2D eigenvalue weighted by molar-refractivity contribution is -0.152. The molecule has 0 aromatic heterocycles. The zero-order valence-electron chi connectivity index (χ0n) is 12.2. The van der Waals surface area contributed by atoms with Crippen molar-refractivity contribution in [2.45, 2.75) is 45.1 Å². The molecule has 3 saturated carbocycles. The van der Waals surface area contributed by atoms with E-state index in [0.29, 0.717) is 5.92 Å². The minimum Gasteiger partial charge on any atom is -0.481 e. The fourth-order valence-electron chi connectivity index (χ4n) is 5.58. The lowest BCUT2D eigenvalue weighted by atomic mass is 9.83. The lowest BCUT2D eigenvalue weighted by Crippen LogP contribution is -2.50. The number of carboxylic acid groups (broad SMARTS) is 1. The molecular formula is C16H21NO4. The highest BCUT2D eigenvalue weighted by molar-refractivity contribution is 6.06. The van der Waals surface area contributed by atoms with Crippen LogP contribution in [0.2, 0.25) is 0 Å². The van der Waals surface area contributed by atoms with E-state index in [4.69, 9.17) is 0 Å². The van der Waals surface area contributed by atoms with Crippen molar-refractivity contribution in [1.82, 2.24) is 4.90 Å². The molecule has 6 unspecified atom stereocenters. The van der Waals surface area contributed by atoms with Crippen LogP contribution in [0.3, 0.4) is 0 Å². The molecule has 4 rings (SSSR count). The molecule has 0 spiro atoms. The third kappa shape index (κ3) is 1.66. The van der Waals surface area contributed by atoms with E-state index < -0.39 is 11.9 Å². The second-order valence-corrected chi connectivity index (χ2v) is 7.52. The van der Waals surface area contributed by atoms with Crippen molar-refractivity contribution in [2.75, 3.05) is 0 Å². The Morgan fingerprint density at radius 1 is 1.05 bits per heavy atom. The second-order valence-electron chi connectivity index (χ2n) is 7.52. The maximum Gasteiger partial charge on any atom is 0.308 e. The normalized spacial score (nSPS) is 48.2. The van der Waals surface area contributed by atoms with Crippen LogP contribution >= 0.6 is 0 Å². The molecule has 6 atom stereocenters. The third-order valence-electron chi connectivity index (χ3n) is 6.36. The summed E-state index contributed by atoms with van der Waals surface area (Å²) < 4.78 is 0. The van der Waals surface area contributed by atoms with Crippen molar-refractivity contribution in [3.8, 4) is 0 Å². The molecular weight excluding hydrogens is 270 g/mol. The highest BCUT2D eigenvalue weighted by Crippen LogP contribution is 2.53. The first-order valence-corrected chi connectivity index (χ1v) is 8.08. The summed E-state index contributed by atoms with van der Waals surface area (Å²) in [5.41, 5.74) is 0. The van der Waals surface area contributed by atoms with Crippen LogP contribution in [0.25, 0.3) is 0 Å². The summed E-state index contributed by atoms with van der Waals surface area (Å²) in [4.78, 5) is 38.4. The van der Waals surface area contributed by atoms with Gasteiger partial charge in [-0.25, -0.2) is 0 Å². The van der Waals surface area contributed by atoms with Gasteiger partial charge in [0.05, 0.1) is 23.8 Å². The van der Waals surface area contributed by atoms with Crippen LogP contribution in [0, 0.1) is 35.5 Å². The van der Waals surface area contributed by atoms with Gasteiger partial charge in [0.25, 0.3) is 0 Å². The maximum atomic E-state index is 12.7. The number of imide groups is 1. The van der Waals surface area contributed by atoms with Crippen LogP contribution in [0.1, 0.15) is 39.0 Å². The Morgan fingerprint density at radius 3 is 2.19 bits per heavy atom. The molecule has 4 aliphatic rings. The maximum absolute atomic E-state index is 12.7. The largest absolute Gasteiger partial charge is 0.481 e. The summed E-state index contributed by atoms with van der Waals surface area (Å²) in [6.07, 6.45) is 4.32. The number of likely N-dealkylation sites (tertiary alicyclic amines) is 1. The average Bonchev–Trinajstić information content (AvgIpc) is 3.14. The number of carbonyl (C=O) groups excluding carboxylic acids is 2. The minimum atomic E-state index is -0.835. The van der Waals surface area contributed by atoms with E-state index in [1.807, 2.05) is 0 Å². The molecule has 0 aromatic rings. The van der Waals surface area contributed by atoms with Crippen LogP contribution in [-0.4, -0.2) is 33.8 Å². The van der Waals surface area contributed by atoms with Gasteiger partial charge in [0.1, 0.15) is 0 Å². The molecule has 2 bridgehead atoms. The molecule has 5 heteroatoms. The van der Waals surface area contributed by atoms with Gasteiger partial charge in [-0.15, -0.1) is 0 Å². The Kier molecular flexibility index (Phi) is 2.72. The molecule has 0 aromatic carbocycles. The number of nitrogens with zero attached hydrogens (tertiary/aromatic N) is 1. The topological polar surface area (TPSA) is 74.7 Å². The summed E-state index contributed by atoms with van der Waals surface area (Å²) in [5.74, 6) is -1.12. The summed E-state index contributed by atoms with van der Waals surface area (Å²) in [7, 11) is 0. The van der Waals surface area contributed by atoms with E-state index in [1.54, 1.807) is 0 Å². The first-order chi connectivity index (χ1) is 9.99. The zero-order chi connectivity index (χ0) is 14.9. The molecule has 1 aliphatic heterocycles. The Labute approximate surface area is 123 Å². The van der Waals surface area contributed by atoms with E-state index in [0.717, 1.165) is 32.1 Å². The Balaban J connectivity index is 1.66. The van der Waals surface area contributed by atoms with E-state index in [1.165, 1.54) is 4.90 Å². The van der Waals surface area contributed by atoms with Crippen molar-refractivity contribution in [3.05, 3.63) is 0 Å². The van der Waals surface area contributed by atoms with Crippen LogP contribution in [0.5, 0.6) is 0 Å². The summed E-state index contributed by atoms with van der Waals surface area (Å²) >= 11 is 0. The monoisotopic (exact) mass is 291 g/mol. The summed E-state index contributed by atoms with van der Waals surface area (Å²) in [5, 5.41) is 9.53. The quantitative estimate of drug-likeness (QED) is 0.783. The van der Waals surface area contributed by atoms with Gasteiger partial charge >= 0.3 is 5.97 Å². The molecule has 21 heavy (non-hydrogen) atoms. The molecule has 2 amide bonds. The molecule has 3 aliphatic carbocycles. The number of aliphatic carboxylic acids is 1. The van der Waals surface area contributed by atoms with Gasteiger partial charge < -0.3 is 5.11 Å². The predicted octanol–water partition coefficient (Wildman–Crippen LogP) is 1.52. The third-order valence-corrected chi connectivity index (χ3v) is 6.36. The van der Waals surface area contributed by atoms with Gasteiger partial charge in [0.15, 0.2) is 0 Å². The van der Waals surface area contributed by atoms with Gasteiger partial charge in [-0.2, -0.15) is 0 Å². The van der Waals surface area contributed by atoms with E-state index in [-0.39, 0.29) is 41.5 Å². The van der Waals surface area contributed by atoms with Crippen LogP contribution in [0.15, 0.2) is 0 Å². The first kappa shape index (κ1) is 13.3. The van der Waals surface area contributed by atoms with Crippen LogP contribution in [0.4, 0.5) is 0 Å². The highest BCUT2D eigenvalue weighted by atomic mass is 16.4. The molecule has 1 N–H and O–H groups in total. The smallest absolute Gasteiger partial charge is 0.308 e. The number of hydrogen-bond donors (Lipinski definition) is 1. The van der Waals surface area contributed by atoms with Crippen molar-refractivity contribution in [1.29, 1.82) is 0 Å². The van der Waals surface area contributed by atoms with E-state index in [9.17, 15) is 19.5 Å². The molecule has 5 nitrogen and oxygen atoms in total. The average molecular weight is 291 g/mol. The second kappa shape index (κ2) is 4.31. The van der Waals surface area contributed by atoms with Crippen molar-refractivity contribution in [2.24, 2.45) is 35.5 Å². The Morgan fingerprint density at radius 2 is 1.62 bits per heavy atom. The zero-order valence-corrected chi connectivity index (χ0v) is 12.2. The number of amides is 2. The van der Waals surface area contributed by atoms with Gasteiger partial charge in [0, 0.05) is 0 Å². The van der Waals surface area contributed by atoms with Crippen LogP contribution < -0.4 is 0 Å². The van der Waals surface area contributed by atoms with Gasteiger partial charge in [-0.1, -0.05) is 6.92 Å². The molecule has 1 heterocycles. The Hall–Kier alpha value is -1.39. The molecule has 114 valence electrons. The van der Waals surface area contributed by atoms with E-state index >= 15 is 0 Å². The molecule has 0 radical (unpaired) electrons. The van der Waals surface area contributed by atoms with Crippen molar-refractivity contribution >= 4 is 17.8 Å². The van der Waals surface area contributed by atoms with Gasteiger partial charge in [0.2, 0.25) is 11.8 Å². The minimum absolute atomic E-state index is 0.0850. The SMILES string of the molecule is CC1CC2C(=O)N(C3C4CCC(C4)C3C(=O)O)C(=O)C2C1. The number of carbonyl (C=O) groups is 3. The fourth-order valence-corrected chi connectivity index (χ4v) is 5.58. The number of rotatable bonds is 2. The van der Waals surface area contributed by atoms with Gasteiger partial charge in [-0.3, -0.25) is 19.3 Å². The lowest BCUT2D eigenvalue weighted by Gasteiger charge is -2.35. The Bertz CT molecular complexity index is 506. The predicted molar refractivity (Wildman–Crippen MR) is 73.0 cm³/mol. The summed E-state index contributed by atoms with van der Waals surface area (Å²) in [6.45, 7) is 2.08. The standard InChI is InChI=1S/C16H21NO4/c1-7-4-10-11(5-7)15(19)17(14(10)18)13-9-3-2-8(6-9)12(13)16(20)21/h7-13H,2-6H2,1H3,(H,20,21).